The summed E-state index contributed by atoms with van der Waals surface area (Å²) < 4.78 is 25.2. The minimum absolute atomic E-state index is 0.0199. The second-order valence-electron chi connectivity index (χ2n) is 2.39. The van der Waals surface area contributed by atoms with Gasteiger partial charge in [-0.05, 0) is 15.9 Å². The minimum atomic E-state index is -2.72. The van der Waals surface area contributed by atoms with E-state index in [-0.39, 0.29) is 21.5 Å². The number of hydrogen-bond donors (Lipinski definition) is 0. The zero-order valence-corrected chi connectivity index (χ0v) is 9.11. The van der Waals surface area contributed by atoms with Crippen LogP contribution in [0, 0.1) is 11.3 Å². The Kier molecular flexibility index (Phi) is 3.78. The van der Waals surface area contributed by atoms with Crippen LogP contribution in [-0.4, -0.2) is 4.98 Å². The lowest BCUT2D eigenvalue weighted by molar-refractivity contribution is 0.150. The average molecular weight is 281 g/mol. The second kappa shape index (κ2) is 4.67. The fourth-order valence-corrected chi connectivity index (χ4v) is 1.93. The molecule has 14 heavy (non-hydrogen) atoms. The van der Waals surface area contributed by atoms with Crippen LogP contribution >= 0.6 is 27.5 Å². The van der Waals surface area contributed by atoms with Crippen molar-refractivity contribution in [3.63, 3.8) is 0 Å². The van der Waals surface area contributed by atoms with Gasteiger partial charge in [0.15, 0.2) is 0 Å². The maximum Gasteiger partial charge on any atom is 0.266 e. The molecule has 0 aromatic carbocycles. The first-order valence-corrected chi connectivity index (χ1v) is 4.86. The number of pyridine rings is 1. The van der Waals surface area contributed by atoms with E-state index in [0.717, 1.165) is 6.20 Å². The van der Waals surface area contributed by atoms with E-state index < -0.39 is 6.43 Å². The Bertz CT molecular complexity index is 390. The molecule has 74 valence electrons. The lowest BCUT2D eigenvalue weighted by atomic mass is 10.1. The van der Waals surface area contributed by atoms with Gasteiger partial charge in [-0.3, -0.25) is 4.98 Å². The van der Waals surface area contributed by atoms with Gasteiger partial charge in [-0.15, -0.1) is 11.6 Å². The number of hydrogen-bond acceptors (Lipinski definition) is 2. The molecular formula is C8H4BrClF2N2. The van der Waals surface area contributed by atoms with Crippen LogP contribution in [0.2, 0.25) is 0 Å². The van der Waals surface area contributed by atoms with Crippen LogP contribution in [0.1, 0.15) is 23.2 Å². The van der Waals surface area contributed by atoms with Crippen molar-refractivity contribution in [2.75, 3.05) is 0 Å². The van der Waals surface area contributed by atoms with Crippen molar-refractivity contribution in [3.05, 3.63) is 27.5 Å². The van der Waals surface area contributed by atoms with Gasteiger partial charge in [0.25, 0.3) is 6.43 Å². The van der Waals surface area contributed by atoms with Crippen LogP contribution in [0.25, 0.3) is 0 Å². The molecular weight excluding hydrogens is 277 g/mol. The summed E-state index contributed by atoms with van der Waals surface area (Å²) in [5.41, 5.74) is -0.181. The van der Waals surface area contributed by atoms with Gasteiger partial charge < -0.3 is 0 Å². The summed E-state index contributed by atoms with van der Waals surface area (Å²) in [6, 6.07) is 1.65. The van der Waals surface area contributed by atoms with Gasteiger partial charge in [0.1, 0.15) is 6.07 Å². The van der Waals surface area contributed by atoms with E-state index in [4.69, 9.17) is 16.9 Å². The van der Waals surface area contributed by atoms with Crippen molar-refractivity contribution in [1.82, 2.24) is 4.98 Å². The Morgan fingerprint density at radius 3 is 2.71 bits per heavy atom. The molecule has 0 aliphatic carbocycles. The number of rotatable bonds is 2. The summed E-state index contributed by atoms with van der Waals surface area (Å²) in [4.78, 5) is 3.78. The molecule has 1 aromatic rings. The van der Waals surface area contributed by atoms with Crippen molar-refractivity contribution in [2.45, 2.75) is 12.3 Å². The summed E-state index contributed by atoms with van der Waals surface area (Å²) in [5, 5.41) is 8.58. The molecule has 0 aliphatic heterocycles. The molecule has 0 fully saturated rings. The van der Waals surface area contributed by atoms with E-state index in [0.29, 0.717) is 5.69 Å². The number of halogens is 4. The molecule has 2 nitrogen and oxygen atoms in total. The number of nitriles is 1. The molecule has 1 rings (SSSR count). The highest BCUT2D eigenvalue weighted by atomic mass is 79.9. The Labute approximate surface area is 92.6 Å². The average Bonchev–Trinajstić information content (AvgIpc) is 2.16. The Hall–Kier alpha value is -0.730. The standard InChI is InChI=1S/C8H4BrClF2N2/c9-7-5(1-10)14-3-4(2-13)6(7)8(11)12/h3,8H,1H2. The summed E-state index contributed by atoms with van der Waals surface area (Å²) in [6.45, 7) is 0. The molecule has 0 amide bonds. The van der Waals surface area contributed by atoms with Gasteiger partial charge in [0.05, 0.1) is 27.2 Å². The predicted octanol–water partition coefficient (Wildman–Crippen LogP) is 3.39. The van der Waals surface area contributed by atoms with E-state index in [1.54, 1.807) is 6.07 Å². The highest BCUT2D eigenvalue weighted by Gasteiger charge is 2.19. The third-order valence-electron chi connectivity index (χ3n) is 1.59. The maximum atomic E-state index is 12.5. The first-order valence-electron chi connectivity index (χ1n) is 3.53. The van der Waals surface area contributed by atoms with Crippen LogP contribution in [0.15, 0.2) is 10.7 Å². The van der Waals surface area contributed by atoms with E-state index in [1.807, 2.05) is 0 Å². The maximum absolute atomic E-state index is 12.5. The fourth-order valence-electron chi connectivity index (χ4n) is 0.938. The monoisotopic (exact) mass is 280 g/mol. The highest BCUT2D eigenvalue weighted by molar-refractivity contribution is 9.10. The normalized spacial score (nSPS) is 10.3. The molecule has 0 atom stereocenters. The molecule has 0 bridgehead atoms. The SMILES string of the molecule is N#Cc1cnc(CCl)c(Br)c1C(F)F. The topological polar surface area (TPSA) is 36.7 Å². The quantitative estimate of drug-likeness (QED) is 0.779. The lowest BCUT2D eigenvalue weighted by Gasteiger charge is -2.07. The first-order chi connectivity index (χ1) is 6.61. The van der Waals surface area contributed by atoms with Crippen molar-refractivity contribution in [3.8, 4) is 6.07 Å². The van der Waals surface area contributed by atoms with Gasteiger partial charge in [-0.2, -0.15) is 5.26 Å². The molecule has 0 N–H and O–H groups in total. The Balaban J connectivity index is 3.41. The number of alkyl halides is 3. The van der Waals surface area contributed by atoms with Crippen LogP contribution in [0.5, 0.6) is 0 Å². The summed E-state index contributed by atoms with van der Waals surface area (Å²) in [5.74, 6) is 0.0199. The highest BCUT2D eigenvalue weighted by Crippen LogP contribution is 2.32. The van der Waals surface area contributed by atoms with E-state index in [9.17, 15) is 8.78 Å². The van der Waals surface area contributed by atoms with Crippen LogP contribution < -0.4 is 0 Å². The van der Waals surface area contributed by atoms with E-state index in [2.05, 4.69) is 20.9 Å². The third kappa shape index (κ3) is 2.02. The Morgan fingerprint density at radius 2 is 2.29 bits per heavy atom. The van der Waals surface area contributed by atoms with Gasteiger partial charge in [0.2, 0.25) is 0 Å². The smallest absolute Gasteiger partial charge is 0.257 e. The van der Waals surface area contributed by atoms with Gasteiger partial charge in [0, 0.05) is 6.20 Å². The molecule has 0 saturated carbocycles. The fraction of sp³-hybridized carbons (Fsp3) is 0.250. The lowest BCUT2D eigenvalue weighted by Crippen LogP contribution is -1.98. The van der Waals surface area contributed by atoms with Crippen molar-refractivity contribution < 1.29 is 8.78 Å². The molecule has 1 aromatic heterocycles. The van der Waals surface area contributed by atoms with Crippen LogP contribution in [0.4, 0.5) is 8.78 Å². The minimum Gasteiger partial charge on any atom is -0.257 e. The molecule has 0 unspecified atom stereocenters. The second-order valence-corrected chi connectivity index (χ2v) is 3.45. The molecule has 0 aliphatic rings. The van der Waals surface area contributed by atoms with Crippen LogP contribution in [0.3, 0.4) is 0 Å². The molecule has 0 spiro atoms. The summed E-state index contributed by atoms with van der Waals surface area (Å²) >= 11 is 8.44. The van der Waals surface area contributed by atoms with Crippen LogP contribution in [-0.2, 0) is 5.88 Å². The zero-order chi connectivity index (χ0) is 10.7. The van der Waals surface area contributed by atoms with Gasteiger partial charge in [-0.1, -0.05) is 0 Å². The van der Waals surface area contributed by atoms with E-state index in [1.165, 1.54) is 0 Å². The van der Waals surface area contributed by atoms with Crippen molar-refractivity contribution in [1.29, 1.82) is 5.26 Å². The Morgan fingerprint density at radius 1 is 1.64 bits per heavy atom. The number of nitrogens with zero attached hydrogens (tertiary/aromatic N) is 2. The summed E-state index contributed by atoms with van der Waals surface area (Å²) in [6.07, 6.45) is -1.62. The molecule has 0 saturated heterocycles. The van der Waals surface area contributed by atoms with Gasteiger partial charge >= 0.3 is 0 Å². The molecule has 1 heterocycles. The van der Waals surface area contributed by atoms with Crippen molar-refractivity contribution in [2.24, 2.45) is 0 Å². The zero-order valence-electron chi connectivity index (χ0n) is 6.77. The molecule has 0 radical (unpaired) electrons. The first kappa shape index (κ1) is 11.3. The van der Waals surface area contributed by atoms with Gasteiger partial charge in [-0.25, -0.2) is 8.78 Å². The van der Waals surface area contributed by atoms with E-state index >= 15 is 0 Å². The predicted molar refractivity (Wildman–Crippen MR) is 51.2 cm³/mol. The molecule has 6 heteroatoms. The number of aromatic nitrogens is 1. The summed E-state index contributed by atoms with van der Waals surface area (Å²) in [7, 11) is 0. The largest absolute Gasteiger partial charge is 0.266 e. The third-order valence-corrected chi connectivity index (χ3v) is 2.73. The van der Waals surface area contributed by atoms with Crippen molar-refractivity contribution >= 4 is 27.5 Å².